The van der Waals surface area contributed by atoms with Crippen LogP contribution in [0.2, 0.25) is 0 Å². The molecule has 0 saturated heterocycles. The van der Waals surface area contributed by atoms with Gasteiger partial charge in [0.05, 0.1) is 19.0 Å². The van der Waals surface area contributed by atoms with Gasteiger partial charge in [0.15, 0.2) is 0 Å². The number of ether oxygens (including phenoxy) is 1. The molecule has 0 spiro atoms. The number of anilines is 1. The van der Waals surface area contributed by atoms with E-state index in [0.29, 0.717) is 11.6 Å². The summed E-state index contributed by atoms with van der Waals surface area (Å²) in [5.41, 5.74) is 7.85. The van der Waals surface area contributed by atoms with Gasteiger partial charge in [-0.05, 0) is 24.1 Å². The van der Waals surface area contributed by atoms with Crippen molar-refractivity contribution in [1.82, 2.24) is 4.98 Å². The summed E-state index contributed by atoms with van der Waals surface area (Å²) in [6.07, 6.45) is 2.64. The SMILES string of the molecule is CCc1ccc2c(OC)ncc(N)c2c1. The molecule has 3 nitrogen and oxygen atoms in total. The highest BCUT2D eigenvalue weighted by Crippen LogP contribution is 2.28. The minimum Gasteiger partial charge on any atom is -0.481 e. The van der Waals surface area contributed by atoms with Gasteiger partial charge in [0, 0.05) is 10.8 Å². The van der Waals surface area contributed by atoms with E-state index < -0.39 is 0 Å². The van der Waals surface area contributed by atoms with Crippen molar-refractivity contribution in [1.29, 1.82) is 0 Å². The summed E-state index contributed by atoms with van der Waals surface area (Å²) in [5.74, 6) is 0.627. The van der Waals surface area contributed by atoms with Crippen LogP contribution in [0.1, 0.15) is 12.5 Å². The topological polar surface area (TPSA) is 48.1 Å². The van der Waals surface area contributed by atoms with Gasteiger partial charge in [0.2, 0.25) is 5.88 Å². The summed E-state index contributed by atoms with van der Waals surface area (Å²) < 4.78 is 5.19. The van der Waals surface area contributed by atoms with Gasteiger partial charge in [-0.15, -0.1) is 0 Å². The number of rotatable bonds is 2. The van der Waals surface area contributed by atoms with E-state index in [4.69, 9.17) is 10.5 Å². The lowest BCUT2D eigenvalue weighted by molar-refractivity contribution is 0.403. The zero-order valence-corrected chi connectivity index (χ0v) is 8.95. The van der Waals surface area contributed by atoms with E-state index in [2.05, 4.69) is 24.0 Å². The van der Waals surface area contributed by atoms with Crippen molar-refractivity contribution in [3.63, 3.8) is 0 Å². The van der Waals surface area contributed by atoms with E-state index in [0.717, 1.165) is 17.2 Å². The van der Waals surface area contributed by atoms with E-state index in [9.17, 15) is 0 Å². The molecule has 3 heteroatoms. The Morgan fingerprint density at radius 1 is 1.33 bits per heavy atom. The first-order chi connectivity index (χ1) is 7.26. The first-order valence-electron chi connectivity index (χ1n) is 4.97. The number of hydrogen-bond acceptors (Lipinski definition) is 3. The van der Waals surface area contributed by atoms with Crippen LogP contribution in [0.25, 0.3) is 10.8 Å². The largest absolute Gasteiger partial charge is 0.481 e. The van der Waals surface area contributed by atoms with Crippen molar-refractivity contribution < 1.29 is 4.74 Å². The zero-order valence-electron chi connectivity index (χ0n) is 8.95. The Bertz CT molecular complexity index is 494. The number of methoxy groups -OCH3 is 1. The van der Waals surface area contributed by atoms with Crippen LogP contribution in [0.4, 0.5) is 5.69 Å². The Morgan fingerprint density at radius 2 is 2.13 bits per heavy atom. The van der Waals surface area contributed by atoms with Crippen molar-refractivity contribution in [2.45, 2.75) is 13.3 Å². The van der Waals surface area contributed by atoms with Crippen LogP contribution in [-0.2, 0) is 6.42 Å². The second-order valence-electron chi connectivity index (χ2n) is 3.46. The van der Waals surface area contributed by atoms with Crippen LogP contribution in [0.15, 0.2) is 24.4 Å². The smallest absolute Gasteiger partial charge is 0.221 e. The Kier molecular flexibility index (Phi) is 2.46. The molecule has 1 aromatic carbocycles. The van der Waals surface area contributed by atoms with E-state index in [1.54, 1.807) is 13.3 Å². The predicted octanol–water partition coefficient (Wildman–Crippen LogP) is 2.39. The first kappa shape index (κ1) is 9.77. The van der Waals surface area contributed by atoms with Gasteiger partial charge < -0.3 is 10.5 Å². The number of fused-ring (bicyclic) bond motifs is 1. The molecule has 15 heavy (non-hydrogen) atoms. The summed E-state index contributed by atoms with van der Waals surface area (Å²) in [6.45, 7) is 2.12. The molecule has 0 amide bonds. The molecule has 78 valence electrons. The van der Waals surface area contributed by atoms with Crippen molar-refractivity contribution in [3.8, 4) is 5.88 Å². The molecule has 2 rings (SSSR count). The average molecular weight is 202 g/mol. The molecule has 0 atom stereocenters. The molecule has 1 aromatic heterocycles. The van der Waals surface area contributed by atoms with Gasteiger partial charge in [0.25, 0.3) is 0 Å². The van der Waals surface area contributed by atoms with Crippen LogP contribution in [0.5, 0.6) is 5.88 Å². The van der Waals surface area contributed by atoms with Crippen molar-refractivity contribution in [2.75, 3.05) is 12.8 Å². The normalized spacial score (nSPS) is 10.5. The summed E-state index contributed by atoms with van der Waals surface area (Å²) in [7, 11) is 1.62. The number of pyridine rings is 1. The van der Waals surface area contributed by atoms with Crippen LogP contribution in [-0.4, -0.2) is 12.1 Å². The number of benzene rings is 1. The van der Waals surface area contributed by atoms with Crippen molar-refractivity contribution in [2.24, 2.45) is 0 Å². The molecule has 0 aliphatic carbocycles. The van der Waals surface area contributed by atoms with Gasteiger partial charge in [0.1, 0.15) is 0 Å². The number of aromatic nitrogens is 1. The van der Waals surface area contributed by atoms with E-state index in [1.807, 2.05) is 6.07 Å². The number of aryl methyl sites for hydroxylation is 1. The van der Waals surface area contributed by atoms with Crippen LogP contribution < -0.4 is 10.5 Å². The quantitative estimate of drug-likeness (QED) is 0.813. The fraction of sp³-hybridized carbons (Fsp3) is 0.250. The van der Waals surface area contributed by atoms with Crippen LogP contribution >= 0.6 is 0 Å². The molecule has 0 fully saturated rings. The molecule has 1 heterocycles. The molecule has 0 saturated carbocycles. The highest BCUT2D eigenvalue weighted by atomic mass is 16.5. The van der Waals surface area contributed by atoms with Crippen molar-refractivity contribution >= 4 is 16.5 Å². The highest BCUT2D eigenvalue weighted by molar-refractivity contribution is 5.95. The molecular formula is C12H14N2O. The van der Waals surface area contributed by atoms with Gasteiger partial charge in [-0.3, -0.25) is 0 Å². The molecule has 0 aliphatic heterocycles. The van der Waals surface area contributed by atoms with Gasteiger partial charge in [-0.25, -0.2) is 4.98 Å². The maximum atomic E-state index is 5.89. The highest BCUT2D eigenvalue weighted by Gasteiger charge is 2.05. The second-order valence-corrected chi connectivity index (χ2v) is 3.46. The lowest BCUT2D eigenvalue weighted by Crippen LogP contribution is -1.94. The maximum Gasteiger partial charge on any atom is 0.221 e. The van der Waals surface area contributed by atoms with E-state index in [-0.39, 0.29) is 0 Å². The third-order valence-corrected chi connectivity index (χ3v) is 2.55. The lowest BCUT2D eigenvalue weighted by Gasteiger charge is -2.07. The molecule has 2 N–H and O–H groups in total. The van der Waals surface area contributed by atoms with Gasteiger partial charge in [-0.2, -0.15) is 0 Å². The maximum absolute atomic E-state index is 5.89. The van der Waals surface area contributed by atoms with Crippen molar-refractivity contribution in [3.05, 3.63) is 30.0 Å². The molecule has 0 bridgehead atoms. The average Bonchev–Trinajstić information content (AvgIpc) is 2.29. The summed E-state index contributed by atoms with van der Waals surface area (Å²) in [5, 5.41) is 1.98. The Morgan fingerprint density at radius 3 is 2.80 bits per heavy atom. The first-order valence-corrected chi connectivity index (χ1v) is 4.97. The molecule has 0 radical (unpaired) electrons. The fourth-order valence-corrected chi connectivity index (χ4v) is 1.67. The molecule has 0 unspecified atom stereocenters. The van der Waals surface area contributed by atoms with E-state index in [1.165, 1.54) is 5.56 Å². The number of nitrogens with zero attached hydrogens (tertiary/aromatic N) is 1. The molecule has 2 aromatic rings. The fourth-order valence-electron chi connectivity index (χ4n) is 1.67. The Labute approximate surface area is 88.9 Å². The Hall–Kier alpha value is -1.77. The standard InChI is InChI=1S/C12H14N2O/c1-3-8-4-5-9-10(6-8)11(13)7-14-12(9)15-2/h4-7H,3,13H2,1-2H3. The third-order valence-electron chi connectivity index (χ3n) is 2.55. The predicted molar refractivity (Wildman–Crippen MR) is 62.1 cm³/mol. The van der Waals surface area contributed by atoms with Crippen LogP contribution in [0, 0.1) is 0 Å². The lowest BCUT2D eigenvalue weighted by atomic mass is 10.1. The Balaban J connectivity index is 2.75. The van der Waals surface area contributed by atoms with Gasteiger partial charge in [-0.1, -0.05) is 13.0 Å². The minimum atomic E-state index is 0.627. The number of nitrogens with two attached hydrogens (primary N) is 1. The van der Waals surface area contributed by atoms with E-state index >= 15 is 0 Å². The monoisotopic (exact) mass is 202 g/mol. The number of hydrogen-bond donors (Lipinski definition) is 1. The summed E-state index contributed by atoms with van der Waals surface area (Å²) >= 11 is 0. The zero-order chi connectivity index (χ0) is 10.8. The molecule has 0 aliphatic rings. The molecular weight excluding hydrogens is 188 g/mol. The number of nitrogen functional groups attached to an aromatic ring is 1. The van der Waals surface area contributed by atoms with Crippen LogP contribution in [0.3, 0.4) is 0 Å². The second kappa shape index (κ2) is 3.77. The summed E-state index contributed by atoms with van der Waals surface area (Å²) in [4.78, 5) is 4.13. The van der Waals surface area contributed by atoms with Gasteiger partial charge >= 0.3 is 0 Å². The summed E-state index contributed by atoms with van der Waals surface area (Å²) in [6, 6.07) is 6.18. The third kappa shape index (κ3) is 1.61. The minimum absolute atomic E-state index is 0.627.